The zero-order valence-corrected chi connectivity index (χ0v) is 34.0. The molecule has 0 bridgehead atoms. The van der Waals surface area contributed by atoms with E-state index in [9.17, 15) is 19.0 Å². The van der Waals surface area contributed by atoms with Crippen molar-refractivity contribution in [3.63, 3.8) is 0 Å². The van der Waals surface area contributed by atoms with Crippen molar-refractivity contribution >= 4 is 19.8 Å². The molecule has 10 heteroatoms. The molecule has 0 saturated heterocycles. The number of carbonyl (C=O) groups excluding carboxylic acids is 2. The predicted octanol–water partition coefficient (Wildman–Crippen LogP) is 11.0. The molecule has 0 spiro atoms. The molecule has 0 aliphatic rings. The fourth-order valence-electron chi connectivity index (χ4n) is 5.52. The number of carbonyl (C=O) groups is 2. The van der Waals surface area contributed by atoms with E-state index in [2.05, 4.69) is 26.0 Å². The van der Waals surface area contributed by atoms with Crippen LogP contribution < -0.4 is 0 Å². The minimum atomic E-state index is -4.36. The van der Waals surface area contributed by atoms with Crippen LogP contribution in [0.4, 0.5) is 0 Å². The number of phosphoric ester groups is 1. The first-order valence-corrected chi connectivity index (χ1v) is 21.9. The largest absolute Gasteiger partial charge is 0.472 e. The minimum Gasteiger partial charge on any atom is -0.462 e. The second-order valence-electron chi connectivity index (χ2n) is 15.0. The Morgan fingerprint density at radius 2 is 1.04 bits per heavy atom. The van der Waals surface area contributed by atoms with E-state index in [-0.39, 0.29) is 25.6 Å². The number of hydrogen-bond donors (Lipinski definition) is 1. The Labute approximate surface area is 307 Å². The van der Waals surface area contributed by atoms with Crippen molar-refractivity contribution in [3.05, 3.63) is 12.2 Å². The summed E-state index contributed by atoms with van der Waals surface area (Å²) in [6.45, 7) is 4.38. The fourth-order valence-corrected chi connectivity index (χ4v) is 6.27. The Hall–Kier alpha value is -1.25. The molecule has 1 N–H and O–H groups in total. The SMILES string of the molecule is CCCC/C=C\CCCCCCCC(=O)OC(COC(=O)CCCCCCCCCCCCCCCCC)COP(=O)(O)OCC[N+](C)(C)C. The summed E-state index contributed by atoms with van der Waals surface area (Å²) in [6.07, 6.45) is 32.5. The Balaban J connectivity index is 4.36. The standard InChI is InChI=1S/C40H78NO8P/c1-6-8-10-12-14-16-18-19-20-21-23-24-26-28-30-32-39(42)46-36-38(37-48-50(44,45)47-35-34-41(3,4)5)49-40(43)33-31-29-27-25-22-17-15-13-11-9-7-2/h13,15,38H,6-12,14,16-37H2,1-5H3/p+1/b15-13-. The summed E-state index contributed by atoms with van der Waals surface area (Å²) in [6, 6.07) is 0. The van der Waals surface area contributed by atoms with Gasteiger partial charge >= 0.3 is 19.8 Å². The van der Waals surface area contributed by atoms with Crippen molar-refractivity contribution in [1.82, 2.24) is 0 Å². The number of hydrogen-bond acceptors (Lipinski definition) is 7. The maximum absolute atomic E-state index is 12.6. The molecule has 0 heterocycles. The molecular formula is C40H79NO8P+. The van der Waals surface area contributed by atoms with Gasteiger partial charge in [0.15, 0.2) is 6.10 Å². The highest BCUT2D eigenvalue weighted by molar-refractivity contribution is 7.47. The number of likely N-dealkylation sites (N-methyl/N-ethyl adjacent to an activating group) is 1. The average molecular weight is 733 g/mol. The van der Waals surface area contributed by atoms with Crippen molar-refractivity contribution in [3.8, 4) is 0 Å². The first-order chi connectivity index (χ1) is 24.0. The molecule has 9 nitrogen and oxygen atoms in total. The number of allylic oxidation sites excluding steroid dienone is 2. The van der Waals surface area contributed by atoms with Gasteiger partial charge in [-0.05, 0) is 32.1 Å². The van der Waals surface area contributed by atoms with Gasteiger partial charge in [-0.25, -0.2) is 4.57 Å². The molecule has 0 aromatic heterocycles. The van der Waals surface area contributed by atoms with Gasteiger partial charge in [0, 0.05) is 12.8 Å². The molecule has 0 saturated carbocycles. The molecule has 2 unspecified atom stereocenters. The van der Waals surface area contributed by atoms with Gasteiger partial charge in [0.1, 0.15) is 19.8 Å². The second kappa shape index (κ2) is 33.6. The number of quaternary nitrogens is 1. The van der Waals surface area contributed by atoms with Crippen LogP contribution in [0.2, 0.25) is 0 Å². The van der Waals surface area contributed by atoms with Crippen LogP contribution in [-0.2, 0) is 32.7 Å². The summed E-state index contributed by atoms with van der Waals surface area (Å²) in [4.78, 5) is 35.2. The summed E-state index contributed by atoms with van der Waals surface area (Å²) in [5.74, 6) is -0.804. The van der Waals surface area contributed by atoms with Crippen molar-refractivity contribution < 1.29 is 42.1 Å². The zero-order valence-electron chi connectivity index (χ0n) is 33.1. The van der Waals surface area contributed by atoms with Crippen LogP contribution >= 0.6 is 7.82 Å². The molecule has 0 aromatic carbocycles. The molecule has 50 heavy (non-hydrogen) atoms. The number of nitrogens with zero attached hydrogens (tertiary/aromatic N) is 1. The third kappa shape index (κ3) is 36.5. The Kier molecular flexibility index (Phi) is 32.7. The predicted molar refractivity (Wildman–Crippen MR) is 206 cm³/mol. The van der Waals surface area contributed by atoms with E-state index in [4.69, 9.17) is 18.5 Å². The molecule has 0 aromatic rings. The van der Waals surface area contributed by atoms with Crippen LogP contribution in [-0.4, -0.2) is 74.9 Å². The van der Waals surface area contributed by atoms with Gasteiger partial charge in [0.05, 0.1) is 27.7 Å². The molecule has 0 rings (SSSR count). The van der Waals surface area contributed by atoms with Gasteiger partial charge in [-0.15, -0.1) is 0 Å². The minimum absolute atomic E-state index is 0.0329. The van der Waals surface area contributed by atoms with E-state index in [1.54, 1.807) is 0 Å². The Bertz CT molecular complexity index is 876. The lowest BCUT2D eigenvalue weighted by Crippen LogP contribution is -2.37. The van der Waals surface area contributed by atoms with Gasteiger partial charge in [-0.2, -0.15) is 0 Å². The van der Waals surface area contributed by atoms with Crippen LogP contribution in [0.3, 0.4) is 0 Å². The molecule has 0 aliphatic heterocycles. The van der Waals surface area contributed by atoms with Crippen LogP contribution in [0.15, 0.2) is 12.2 Å². The van der Waals surface area contributed by atoms with Crippen molar-refractivity contribution in [2.75, 3.05) is 47.5 Å². The molecule has 0 radical (unpaired) electrons. The molecule has 0 fully saturated rings. The third-order valence-corrected chi connectivity index (χ3v) is 9.78. The van der Waals surface area contributed by atoms with E-state index in [0.717, 1.165) is 57.8 Å². The Morgan fingerprint density at radius 3 is 1.54 bits per heavy atom. The number of phosphoric acid groups is 1. The number of esters is 2. The maximum atomic E-state index is 12.6. The van der Waals surface area contributed by atoms with E-state index in [0.29, 0.717) is 23.9 Å². The highest BCUT2D eigenvalue weighted by Crippen LogP contribution is 2.43. The summed E-state index contributed by atoms with van der Waals surface area (Å²) in [5.41, 5.74) is 0. The summed E-state index contributed by atoms with van der Waals surface area (Å²) in [7, 11) is 1.48. The quantitative estimate of drug-likeness (QED) is 0.0221. The first kappa shape index (κ1) is 48.8. The van der Waals surface area contributed by atoms with E-state index in [1.807, 2.05) is 21.1 Å². The van der Waals surface area contributed by atoms with Crippen LogP contribution in [0.5, 0.6) is 0 Å². The van der Waals surface area contributed by atoms with Gasteiger partial charge < -0.3 is 18.9 Å². The normalized spacial score (nSPS) is 13.8. The first-order valence-electron chi connectivity index (χ1n) is 20.4. The van der Waals surface area contributed by atoms with Gasteiger partial charge in [-0.3, -0.25) is 18.6 Å². The summed E-state index contributed by atoms with van der Waals surface area (Å²) >= 11 is 0. The van der Waals surface area contributed by atoms with E-state index < -0.39 is 26.5 Å². The molecule has 0 aliphatic carbocycles. The van der Waals surface area contributed by atoms with Crippen molar-refractivity contribution in [2.45, 2.75) is 187 Å². The Morgan fingerprint density at radius 1 is 0.600 bits per heavy atom. The smallest absolute Gasteiger partial charge is 0.462 e. The van der Waals surface area contributed by atoms with Crippen LogP contribution in [0.1, 0.15) is 181 Å². The van der Waals surface area contributed by atoms with Crippen molar-refractivity contribution in [2.24, 2.45) is 0 Å². The van der Waals surface area contributed by atoms with Crippen LogP contribution in [0, 0.1) is 0 Å². The lowest BCUT2D eigenvalue weighted by molar-refractivity contribution is -0.870. The van der Waals surface area contributed by atoms with Gasteiger partial charge in [-0.1, -0.05) is 148 Å². The topological polar surface area (TPSA) is 108 Å². The van der Waals surface area contributed by atoms with E-state index in [1.165, 1.54) is 89.9 Å². The molecule has 0 amide bonds. The van der Waals surface area contributed by atoms with Crippen LogP contribution in [0.25, 0.3) is 0 Å². The van der Waals surface area contributed by atoms with Gasteiger partial charge in [0.25, 0.3) is 0 Å². The summed E-state index contributed by atoms with van der Waals surface area (Å²) < 4.78 is 34.2. The van der Waals surface area contributed by atoms with Gasteiger partial charge in [0.2, 0.25) is 0 Å². The highest BCUT2D eigenvalue weighted by atomic mass is 31.2. The molecule has 2 atom stereocenters. The monoisotopic (exact) mass is 733 g/mol. The van der Waals surface area contributed by atoms with Crippen molar-refractivity contribution in [1.29, 1.82) is 0 Å². The highest BCUT2D eigenvalue weighted by Gasteiger charge is 2.27. The third-order valence-electron chi connectivity index (χ3n) is 8.80. The maximum Gasteiger partial charge on any atom is 0.472 e. The molecular weight excluding hydrogens is 653 g/mol. The zero-order chi connectivity index (χ0) is 37.2. The second-order valence-corrected chi connectivity index (χ2v) is 16.5. The summed E-state index contributed by atoms with van der Waals surface area (Å²) in [5, 5.41) is 0. The molecule has 296 valence electrons. The number of unbranched alkanes of at least 4 members (excludes halogenated alkanes) is 21. The lowest BCUT2D eigenvalue weighted by atomic mass is 10.0. The number of ether oxygens (including phenoxy) is 2. The lowest BCUT2D eigenvalue weighted by Gasteiger charge is -2.24. The van der Waals surface area contributed by atoms with E-state index >= 15 is 0 Å². The number of rotatable bonds is 37. The average Bonchev–Trinajstić information content (AvgIpc) is 3.06. The fraction of sp³-hybridized carbons (Fsp3) is 0.900.